The van der Waals surface area contributed by atoms with Gasteiger partial charge in [-0.3, -0.25) is 0 Å². The van der Waals surface area contributed by atoms with E-state index in [4.69, 9.17) is 0 Å². The molecule has 0 radical (unpaired) electrons. The van der Waals surface area contributed by atoms with Crippen molar-refractivity contribution < 1.29 is 0 Å². The van der Waals surface area contributed by atoms with E-state index < -0.39 is 0 Å². The molecule has 25 heavy (non-hydrogen) atoms. The number of allylic oxidation sites excluding steroid dienone is 4. The molecule has 0 aliphatic heterocycles. The van der Waals surface area contributed by atoms with Crippen LogP contribution >= 0.6 is 0 Å². The molecule has 0 heterocycles. The lowest BCUT2D eigenvalue weighted by Gasteiger charge is -2.12. The molecule has 0 heteroatoms. The topological polar surface area (TPSA) is 0 Å². The Hall–Kier alpha value is -2.34. The Morgan fingerprint density at radius 3 is 2.16 bits per heavy atom. The maximum Gasteiger partial charge on any atom is 0.0164 e. The van der Waals surface area contributed by atoms with E-state index in [1.807, 2.05) is 0 Å². The fourth-order valence-corrected chi connectivity index (χ4v) is 4.63. The molecular weight excluding hydrogens is 300 g/mol. The van der Waals surface area contributed by atoms with Crippen molar-refractivity contribution in [1.29, 1.82) is 0 Å². The lowest BCUT2D eigenvalue weighted by atomic mass is 9.91. The van der Waals surface area contributed by atoms with Gasteiger partial charge >= 0.3 is 0 Å². The van der Waals surface area contributed by atoms with E-state index in [1.165, 1.54) is 33.0 Å². The van der Waals surface area contributed by atoms with Gasteiger partial charge in [-0.2, -0.15) is 0 Å². The van der Waals surface area contributed by atoms with Crippen LogP contribution in [-0.4, -0.2) is 0 Å². The van der Waals surface area contributed by atoms with Crippen molar-refractivity contribution >= 4 is 35.1 Å². The summed E-state index contributed by atoms with van der Waals surface area (Å²) >= 11 is 0. The molecule has 3 aliphatic carbocycles. The van der Waals surface area contributed by atoms with E-state index in [0.29, 0.717) is 5.92 Å². The summed E-state index contributed by atoms with van der Waals surface area (Å²) in [6.07, 6.45) is 16.3. The Morgan fingerprint density at radius 2 is 1.40 bits per heavy atom. The summed E-state index contributed by atoms with van der Waals surface area (Å²) in [5, 5.41) is 2.73. The van der Waals surface area contributed by atoms with Crippen molar-refractivity contribution in [2.24, 2.45) is 16.7 Å². The minimum absolute atomic E-state index is 0.210. The van der Waals surface area contributed by atoms with E-state index in [0.717, 1.165) is 0 Å². The first-order valence-corrected chi connectivity index (χ1v) is 9.30. The van der Waals surface area contributed by atoms with Gasteiger partial charge in [0.2, 0.25) is 0 Å². The highest BCUT2D eigenvalue weighted by Crippen LogP contribution is 2.70. The average molecular weight is 324 g/mol. The van der Waals surface area contributed by atoms with Gasteiger partial charge in [0.1, 0.15) is 0 Å². The molecule has 1 saturated carbocycles. The maximum absolute atomic E-state index is 2.46. The maximum atomic E-state index is 2.46. The third-order valence-corrected chi connectivity index (χ3v) is 6.85. The zero-order valence-electron chi connectivity index (χ0n) is 15.4. The highest BCUT2D eigenvalue weighted by molar-refractivity contribution is 6.02. The molecule has 2 aromatic rings. The summed E-state index contributed by atoms with van der Waals surface area (Å²) in [6, 6.07) is 9.18. The largest absolute Gasteiger partial charge is 0.0773 e. The van der Waals surface area contributed by atoms with Crippen molar-refractivity contribution in [3.05, 3.63) is 70.3 Å². The number of hydrogen-bond donors (Lipinski definition) is 0. The number of fused-ring (bicyclic) bond motifs is 6. The van der Waals surface area contributed by atoms with Crippen molar-refractivity contribution in [2.45, 2.75) is 27.7 Å². The molecule has 0 nitrogen and oxygen atoms in total. The minimum Gasteiger partial charge on any atom is -0.0773 e. The van der Waals surface area contributed by atoms with Crippen LogP contribution in [0.25, 0.3) is 35.1 Å². The normalized spacial score (nSPS) is 27.8. The molecule has 0 bridgehead atoms. The lowest BCUT2D eigenvalue weighted by molar-refractivity contribution is 0.505. The van der Waals surface area contributed by atoms with Crippen LogP contribution < -0.4 is 0 Å². The van der Waals surface area contributed by atoms with Crippen LogP contribution in [0.1, 0.15) is 49.9 Å². The molecule has 0 amide bonds. The molecule has 2 unspecified atom stereocenters. The van der Waals surface area contributed by atoms with Gasteiger partial charge in [-0.1, -0.05) is 100 Å². The molecule has 1 fully saturated rings. The van der Waals surface area contributed by atoms with E-state index >= 15 is 0 Å². The zero-order chi connectivity index (χ0) is 17.4. The molecule has 3 aliphatic rings. The average Bonchev–Trinajstić information content (AvgIpc) is 3.15. The van der Waals surface area contributed by atoms with E-state index in [2.05, 4.69) is 94.5 Å². The predicted octanol–water partition coefficient (Wildman–Crippen LogP) is 6.97. The molecule has 0 aromatic heterocycles. The second kappa shape index (κ2) is 4.64. The SMILES string of the molecule is CC1C=Cc2ccc3c4c(ccc3c2C=C1)C=CC1(C)C(=C4)C1(C)C. The lowest BCUT2D eigenvalue weighted by Crippen LogP contribution is -1.99. The Kier molecular flexibility index (Phi) is 2.77. The fourth-order valence-electron chi connectivity index (χ4n) is 4.63. The smallest absolute Gasteiger partial charge is 0.0164 e. The molecule has 124 valence electrons. The number of rotatable bonds is 0. The molecule has 0 saturated heterocycles. The zero-order valence-corrected chi connectivity index (χ0v) is 15.4. The van der Waals surface area contributed by atoms with Gasteiger partial charge in [-0.25, -0.2) is 0 Å². The Labute approximate surface area is 150 Å². The minimum atomic E-state index is 0.210. The summed E-state index contributed by atoms with van der Waals surface area (Å²) in [7, 11) is 0. The third-order valence-electron chi connectivity index (χ3n) is 6.85. The quantitative estimate of drug-likeness (QED) is 0.491. The van der Waals surface area contributed by atoms with Gasteiger partial charge in [0.15, 0.2) is 0 Å². The number of benzene rings is 2. The van der Waals surface area contributed by atoms with Crippen LogP contribution in [0.5, 0.6) is 0 Å². The summed E-state index contributed by atoms with van der Waals surface area (Å²) in [5.41, 5.74) is 7.43. The first kappa shape index (κ1) is 15.0. The van der Waals surface area contributed by atoms with Crippen LogP contribution in [0.4, 0.5) is 0 Å². The molecule has 0 spiro atoms. The second-order valence-corrected chi connectivity index (χ2v) is 8.53. The van der Waals surface area contributed by atoms with Gasteiger partial charge in [0, 0.05) is 5.41 Å². The van der Waals surface area contributed by atoms with Gasteiger partial charge in [-0.15, -0.1) is 0 Å². The van der Waals surface area contributed by atoms with Crippen LogP contribution in [0, 0.1) is 16.7 Å². The standard InChI is InChI=1S/C25H24/c1-16-5-7-17-8-12-21-20(19(17)10-6-16)11-9-18-13-14-25(4)23(15-22(18)21)24(25,2)3/h5-16H,1-4H3. The first-order valence-electron chi connectivity index (χ1n) is 9.30. The van der Waals surface area contributed by atoms with Crippen molar-refractivity contribution in [3.8, 4) is 0 Å². The van der Waals surface area contributed by atoms with Crippen molar-refractivity contribution in [2.75, 3.05) is 0 Å². The van der Waals surface area contributed by atoms with E-state index in [9.17, 15) is 0 Å². The van der Waals surface area contributed by atoms with Crippen molar-refractivity contribution in [3.63, 3.8) is 0 Å². The summed E-state index contributed by atoms with van der Waals surface area (Å²) in [6.45, 7) is 9.32. The van der Waals surface area contributed by atoms with E-state index in [1.54, 1.807) is 5.57 Å². The summed E-state index contributed by atoms with van der Waals surface area (Å²) < 4.78 is 0. The van der Waals surface area contributed by atoms with Gasteiger partial charge in [0.05, 0.1) is 0 Å². The monoisotopic (exact) mass is 324 g/mol. The van der Waals surface area contributed by atoms with Gasteiger partial charge < -0.3 is 0 Å². The van der Waals surface area contributed by atoms with Crippen LogP contribution in [0.15, 0.2) is 48.1 Å². The Morgan fingerprint density at radius 1 is 0.760 bits per heavy atom. The van der Waals surface area contributed by atoms with Crippen LogP contribution in [-0.2, 0) is 0 Å². The van der Waals surface area contributed by atoms with Crippen LogP contribution in [0.3, 0.4) is 0 Å². The summed E-state index contributed by atoms with van der Waals surface area (Å²) in [5.74, 6) is 0.487. The third kappa shape index (κ3) is 1.88. The highest BCUT2D eigenvalue weighted by Gasteiger charge is 2.61. The van der Waals surface area contributed by atoms with Gasteiger partial charge in [-0.05, 0) is 44.4 Å². The molecule has 0 N–H and O–H groups in total. The molecule has 2 atom stereocenters. The Balaban J connectivity index is 1.81. The second-order valence-electron chi connectivity index (χ2n) is 8.53. The predicted molar refractivity (Wildman–Crippen MR) is 110 cm³/mol. The molecule has 5 rings (SSSR count). The van der Waals surface area contributed by atoms with Gasteiger partial charge in [0.25, 0.3) is 0 Å². The molecular formula is C25H24. The summed E-state index contributed by atoms with van der Waals surface area (Å²) in [4.78, 5) is 0. The van der Waals surface area contributed by atoms with E-state index in [-0.39, 0.29) is 10.8 Å². The van der Waals surface area contributed by atoms with Crippen molar-refractivity contribution in [1.82, 2.24) is 0 Å². The van der Waals surface area contributed by atoms with Crippen LogP contribution in [0.2, 0.25) is 0 Å². The first-order chi connectivity index (χ1) is 11.9. The highest BCUT2D eigenvalue weighted by atomic mass is 14.6. The fraction of sp³-hybridized carbons (Fsp3) is 0.280. The molecule has 2 aromatic carbocycles. The number of hydrogen-bond acceptors (Lipinski definition) is 0. The Bertz CT molecular complexity index is 1040.